The summed E-state index contributed by atoms with van der Waals surface area (Å²) in [6.07, 6.45) is 1.23. The second-order valence-corrected chi connectivity index (χ2v) is 7.52. The van der Waals surface area contributed by atoms with Gasteiger partial charge in [-0.3, -0.25) is 9.69 Å². The minimum atomic E-state index is -0.668. The van der Waals surface area contributed by atoms with E-state index in [9.17, 15) is 9.59 Å². The van der Waals surface area contributed by atoms with Crippen LogP contribution in [0.2, 0.25) is 0 Å². The lowest BCUT2D eigenvalue weighted by molar-refractivity contribution is -0.138. The third-order valence-corrected chi connectivity index (χ3v) is 4.21. The Morgan fingerprint density at radius 3 is 2.67 bits per heavy atom. The standard InChI is InChI=1S/C17H30N2O5/c1-12-14(15(20)18-10-13-6-5-8-22-11-13)19(7-9-23-12)16(21)24-17(2,3)4/h12-14H,5-11H2,1-4H3,(H,18,20)/t12-,13?,14+/m1/s1. The monoisotopic (exact) mass is 342 g/mol. The van der Waals surface area contributed by atoms with E-state index < -0.39 is 17.7 Å². The van der Waals surface area contributed by atoms with Crippen molar-refractivity contribution in [2.24, 2.45) is 5.92 Å². The number of rotatable bonds is 3. The smallest absolute Gasteiger partial charge is 0.411 e. The van der Waals surface area contributed by atoms with Crippen LogP contribution in [-0.2, 0) is 19.0 Å². The van der Waals surface area contributed by atoms with Gasteiger partial charge in [-0.25, -0.2) is 4.79 Å². The summed E-state index contributed by atoms with van der Waals surface area (Å²) >= 11 is 0. The van der Waals surface area contributed by atoms with Gasteiger partial charge < -0.3 is 19.5 Å². The van der Waals surface area contributed by atoms with Crippen molar-refractivity contribution in [3.8, 4) is 0 Å². The molecule has 2 saturated heterocycles. The second kappa shape index (κ2) is 8.16. The van der Waals surface area contributed by atoms with Crippen molar-refractivity contribution in [2.75, 3.05) is 32.9 Å². The average Bonchev–Trinajstić information content (AvgIpc) is 2.51. The molecule has 3 atom stereocenters. The zero-order valence-corrected chi connectivity index (χ0v) is 15.2. The molecular formula is C17H30N2O5. The Labute approximate surface area is 144 Å². The van der Waals surface area contributed by atoms with Gasteiger partial charge in [-0.05, 0) is 46.5 Å². The van der Waals surface area contributed by atoms with Gasteiger partial charge in [-0.1, -0.05) is 0 Å². The fourth-order valence-corrected chi connectivity index (χ4v) is 3.02. The molecule has 2 amide bonds. The molecule has 1 N–H and O–H groups in total. The summed E-state index contributed by atoms with van der Waals surface area (Å²) in [5, 5.41) is 2.95. The molecule has 0 aromatic rings. The summed E-state index contributed by atoms with van der Waals surface area (Å²) in [6, 6.07) is -0.668. The van der Waals surface area contributed by atoms with Crippen molar-refractivity contribution in [3.05, 3.63) is 0 Å². The minimum absolute atomic E-state index is 0.196. The van der Waals surface area contributed by atoms with Crippen LogP contribution in [0.5, 0.6) is 0 Å². The molecule has 0 aliphatic carbocycles. The van der Waals surface area contributed by atoms with Crippen LogP contribution in [0, 0.1) is 5.92 Å². The minimum Gasteiger partial charge on any atom is -0.444 e. The average molecular weight is 342 g/mol. The van der Waals surface area contributed by atoms with Gasteiger partial charge in [0.1, 0.15) is 11.6 Å². The number of nitrogens with zero attached hydrogens (tertiary/aromatic N) is 1. The van der Waals surface area contributed by atoms with Crippen molar-refractivity contribution in [1.82, 2.24) is 10.2 Å². The van der Waals surface area contributed by atoms with E-state index in [1.165, 1.54) is 4.90 Å². The normalized spacial score (nSPS) is 28.3. The van der Waals surface area contributed by atoms with Crippen LogP contribution in [0.3, 0.4) is 0 Å². The zero-order chi connectivity index (χ0) is 17.7. The van der Waals surface area contributed by atoms with Gasteiger partial charge in [0.2, 0.25) is 5.91 Å². The Hall–Kier alpha value is -1.34. The lowest BCUT2D eigenvalue weighted by Crippen LogP contribution is -2.60. The van der Waals surface area contributed by atoms with Crippen molar-refractivity contribution < 1.29 is 23.8 Å². The van der Waals surface area contributed by atoms with Gasteiger partial charge >= 0.3 is 6.09 Å². The molecule has 24 heavy (non-hydrogen) atoms. The summed E-state index contributed by atoms with van der Waals surface area (Å²) in [6.45, 7) is 10.0. The highest BCUT2D eigenvalue weighted by atomic mass is 16.6. The van der Waals surface area contributed by atoms with Gasteiger partial charge in [0.25, 0.3) is 0 Å². The Morgan fingerprint density at radius 1 is 1.29 bits per heavy atom. The van der Waals surface area contributed by atoms with E-state index in [0.29, 0.717) is 32.2 Å². The van der Waals surface area contributed by atoms with Crippen LogP contribution in [0.4, 0.5) is 4.79 Å². The topological polar surface area (TPSA) is 77.1 Å². The second-order valence-electron chi connectivity index (χ2n) is 7.52. The predicted molar refractivity (Wildman–Crippen MR) is 88.7 cm³/mol. The third kappa shape index (κ3) is 5.34. The molecule has 0 bridgehead atoms. The van der Waals surface area contributed by atoms with Gasteiger partial charge in [-0.2, -0.15) is 0 Å². The highest BCUT2D eigenvalue weighted by molar-refractivity contribution is 5.86. The van der Waals surface area contributed by atoms with Crippen molar-refractivity contribution in [1.29, 1.82) is 0 Å². The van der Waals surface area contributed by atoms with E-state index in [-0.39, 0.29) is 12.0 Å². The number of amides is 2. The summed E-state index contributed by atoms with van der Waals surface area (Å²) in [7, 11) is 0. The predicted octanol–water partition coefficient (Wildman–Crippen LogP) is 1.55. The Balaban J connectivity index is 1.96. The molecule has 0 aromatic heterocycles. The molecule has 2 fully saturated rings. The van der Waals surface area contributed by atoms with Crippen molar-refractivity contribution in [3.63, 3.8) is 0 Å². The summed E-state index contributed by atoms with van der Waals surface area (Å²) < 4.78 is 16.4. The van der Waals surface area contributed by atoms with Gasteiger partial charge in [0.15, 0.2) is 0 Å². The van der Waals surface area contributed by atoms with Gasteiger partial charge in [-0.15, -0.1) is 0 Å². The zero-order valence-electron chi connectivity index (χ0n) is 15.2. The molecule has 0 radical (unpaired) electrons. The number of ether oxygens (including phenoxy) is 3. The fourth-order valence-electron chi connectivity index (χ4n) is 3.02. The summed E-state index contributed by atoms with van der Waals surface area (Å²) in [5.74, 6) is 0.135. The molecule has 0 aromatic carbocycles. The number of morpholine rings is 1. The molecule has 0 spiro atoms. The Morgan fingerprint density at radius 2 is 2.04 bits per heavy atom. The maximum Gasteiger partial charge on any atom is 0.411 e. The van der Waals surface area contributed by atoms with Crippen LogP contribution < -0.4 is 5.32 Å². The van der Waals surface area contributed by atoms with Gasteiger partial charge in [0, 0.05) is 19.7 Å². The number of carbonyl (C=O) groups is 2. The third-order valence-electron chi connectivity index (χ3n) is 4.21. The first-order valence-electron chi connectivity index (χ1n) is 8.74. The first-order chi connectivity index (χ1) is 11.3. The molecule has 138 valence electrons. The Kier molecular flexibility index (Phi) is 6.46. The Bertz CT molecular complexity index is 443. The summed E-state index contributed by atoms with van der Waals surface area (Å²) in [4.78, 5) is 26.6. The van der Waals surface area contributed by atoms with Crippen molar-refractivity contribution in [2.45, 2.75) is 58.3 Å². The SMILES string of the molecule is C[C@H]1OCCN(C(=O)OC(C)(C)C)[C@@H]1C(=O)NCC1CCCOC1. The molecule has 2 aliphatic rings. The molecule has 1 unspecified atom stereocenters. The maximum atomic E-state index is 12.7. The number of hydrogen-bond acceptors (Lipinski definition) is 5. The van der Waals surface area contributed by atoms with Crippen molar-refractivity contribution >= 4 is 12.0 Å². The fraction of sp³-hybridized carbons (Fsp3) is 0.882. The van der Waals surface area contributed by atoms with Crippen LogP contribution in [0.25, 0.3) is 0 Å². The van der Waals surface area contributed by atoms with E-state index in [1.807, 2.05) is 27.7 Å². The van der Waals surface area contributed by atoms with E-state index >= 15 is 0 Å². The van der Waals surface area contributed by atoms with Crippen LogP contribution in [0.1, 0.15) is 40.5 Å². The van der Waals surface area contributed by atoms with E-state index in [0.717, 1.165) is 19.4 Å². The molecule has 7 nitrogen and oxygen atoms in total. The largest absolute Gasteiger partial charge is 0.444 e. The van der Waals surface area contributed by atoms with Crippen LogP contribution in [-0.4, -0.2) is 67.6 Å². The maximum absolute atomic E-state index is 12.7. The molecule has 2 rings (SSSR count). The van der Waals surface area contributed by atoms with E-state index in [2.05, 4.69) is 5.32 Å². The highest BCUT2D eigenvalue weighted by Crippen LogP contribution is 2.19. The number of carbonyl (C=O) groups excluding carboxylic acids is 2. The quantitative estimate of drug-likeness (QED) is 0.842. The lowest BCUT2D eigenvalue weighted by atomic mass is 10.0. The highest BCUT2D eigenvalue weighted by Gasteiger charge is 2.40. The molecule has 2 aliphatic heterocycles. The van der Waals surface area contributed by atoms with E-state index in [1.54, 1.807) is 0 Å². The van der Waals surface area contributed by atoms with E-state index in [4.69, 9.17) is 14.2 Å². The first-order valence-corrected chi connectivity index (χ1v) is 8.74. The van der Waals surface area contributed by atoms with Gasteiger partial charge in [0.05, 0.1) is 19.3 Å². The molecule has 0 saturated carbocycles. The number of nitrogens with one attached hydrogen (secondary N) is 1. The lowest BCUT2D eigenvalue weighted by Gasteiger charge is -2.39. The molecule has 7 heteroatoms. The molecule has 2 heterocycles. The summed E-state index contributed by atoms with van der Waals surface area (Å²) in [5.41, 5.74) is -0.598. The first kappa shape index (κ1) is 19.0. The van der Waals surface area contributed by atoms with Crippen LogP contribution >= 0.6 is 0 Å². The number of hydrogen-bond donors (Lipinski definition) is 1. The molecular weight excluding hydrogens is 312 g/mol. The van der Waals surface area contributed by atoms with Crippen LogP contribution in [0.15, 0.2) is 0 Å².